The number of aliphatic imine (C=N–C) groups is 1. The maximum atomic E-state index is 12.6. The van der Waals surface area contributed by atoms with Crippen LogP contribution in [0.4, 0.5) is 0 Å². The van der Waals surface area contributed by atoms with Crippen LogP contribution in [0.2, 0.25) is 0 Å². The molecule has 1 aromatic heterocycles. The van der Waals surface area contributed by atoms with Gasteiger partial charge in [-0.3, -0.25) is 10.2 Å². The molecule has 8 heteroatoms. The van der Waals surface area contributed by atoms with Crippen molar-refractivity contribution >= 4 is 39.8 Å². The molecule has 0 atom stereocenters. The van der Waals surface area contributed by atoms with E-state index in [1.54, 1.807) is 13.2 Å². The molecule has 0 radical (unpaired) electrons. The number of nitrogens with zero attached hydrogens (tertiary/aromatic N) is 4. The van der Waals surface area contributed by atoms with Crippen LogP contribution >= 0.6 is 11.8 Å². The van der Waals surface area contributed by atoms with E-state index in [2.05, 4.69) is 14.7 Å². The lowest BCUT2D eigenvalue weighted by molar-refractivity contribution is -0.114. The van der Waals surface area contributed by atoms with E-state index in [0.29, 0.717) is 5.17 Å². The van der Waals surface area contributed by atoms with Gasteiger partial charge in [-0.1, -0.05) is 13.0 Å². The fourth-order valence-electron chi connectivity index (χ4n) is 3.41. The topological polar surface area (TPSA) is 83.0 Å². The predicted molar refractivity (Wildman–Crippen MR) is 117 cm³/mol. The monoisotopic (exact) mass is 407 g/mol. The number of amides is 1. The third-order valence-electron chi connectivity index (χ3n) is 4.88. The van der Waals surface area contributed by atoms with E-state index in [0.717, 1.165) is 39.9 Å². The highest BCUT2D eigenvalue weighted by Gasteiger charge is 2.35. The zero-order chi connectivity index (χ0) is 20.7. The zero-order valence-electron chi connectivity index (χ0n) is 16.7. The Morgan fingerprint density at radius 1 is 1.28 bits per heavy atom. The lowest BCUT2D eigenvalue weighted by Gasteiger charge is -2.20. The first-order valence-electron chi connectivity index (χ1n) is 9.25. The summed E-state index contributed by atoms with van der Waals surface area (Å²) in [6, 6.07) is 9.81. The van der Waals surface area contributed by atoms with Gasteiger partial charge in [-0.2, -0.15) is 15.1 Å². The van der Waals surface area contributed by atoms with E-state index < -0.39 is 5.91 Å². The number of amidine groups is 2. The first-order chi connectivity index (χ1) is 13.9. The van der Waals surface area contributed by atoms with Crippen LogP contribution in [-0.2, 0) is 4.79 Å². The molecule has 2 aliphatic heterocycles. The Kier molecular flexibility index (Phi) is 4.87. The largest absolute Gasteiger partial charge is 0.497 e. The smallest absolute Gasteiger partial charge is 0.283 e. The number of methoxy groups -OCH3 is 1. The molecule has 2 aromatic rings. The summed E-state index contributed by atoms with van der Waals surface area (Å²) in [6.07, 6.45) is 2.47. The van der Waals surface area contributed by atoms with Crippen LogP contribution in [0.15, 0.2) is 46.0 Å². The third kappa shape index (κ3) is 3.29. The highest BCUT2D eigenvalue weighted by atomic mass is 32.2. The number of fused-ring (bicyclic) bond motifs is 1. The summed E-state index contributed by atoms with van der Waals surface area (Å²) < 4.78 is 7.43. The number of hydrogen-bond donors (Lipinski definition) is 1. The van der Waals surface area contributed by atoms with Gasteiger partial charge in [0.1, 0.15) is 10.8 Å². The Balaban J connectivity index is 1.75. The van der Waals surface area contributed by atoms with Gasteiger partial charge in [-0.25, -0.2) is 0 Å². The number of ether oxygens (including phenoxy) is 1. The van der Waals surface area contributed by atoms with Crippen LogP contribution in [0, 0.1) is 19.3 Å². The number of benzene rings is 1. The standard InChI is InChI=1S/C21H21N5O2S/c1-5-18-24-26-19(22)17(20(27)23-21(26)29-18)10-14-9-12(2)25(13(14)3)15-7-6-8-16(11-15)28-4/h6-11,22H,5H2,1-4H3. The molecule has 1 amide bonds. The molecule has 2 aliphatic rings. The van der Waals surface area contributed by atoms with Gasteiger partial charge in [-0.05, 0) is 61.9 Å². The van der Waals surface area contributed by atoms with Crippen molar-refractivity contribution in [1.29, 1.82) is 5.41 Å². The van der Waals surface area contributed by atoms with Gasteiger partial charge in [0.05, 0.1) is 12.7 Å². The second-order valence-corrected chi connectivity index (χ2v) is 7.77. The van der Waals surface area contributed by atoms with Crippen molar-refractivity contribution in [2.45, 2.75) is 27.2 Å². The molecule has 0 spiro atoms. The minimum Gasteiger partial charge on any atom is -0.497 e. The first kappa shape index (κ1) is 19.2. The molecule has 0 saturated carbocycles. The first-order valence-corrected chi connectivity index (χ1v) is 10.1. The Morgan fingerprint density at radius 3 is 2.79 bits per heavy atom. The zero-order valence-corrected chi connectivity index (χ0v) is 17.5. The fraction of sp³-hybridized carbons (Fsp3) is 0.238. The van der Waals surface area contributed by atoms with Gasteiger partial charge in [0.25, 0.3) is 5.91 Å². The molecule has 0 unspecified atom stereocenters. The fourth-order valence-corrected chi connectivity index (χ4v) is 4.24. The molecule has 29 heavy (non-hydrogen) atoms. The van der Waals surface area contributed by atoms with Crippen LogP contribution in [0.3, 0.4) is 0 Å². The van der Waals surface area contributed by atoms with Crippen LogP contribution in [-0.4, -0.2) is 38.6 Å². The van der Waals surface area contributed by atoms with Crippen molar-refractivity contribution < 1.29 is 9.53 Å². The molecule has 0 bridgehead atoms. The van der Waals surface area contributed by atoms with Gasteiger partial charge >= 0.3 is 0 Å². The van der Waals surface area contributed by atoms with Crippen molar-refractivity contribution in [3.63, 3.8) is 0 Å². The Hall–Kier alpha value is -3.13. The van der Waals surface area contributed by atoms with Gasteiger partial charge < -0.3 is 9.30 Å². The second-order valence-electron chi connectivity index (χ2n) is 6.73. The molecule has 148 valence electrons. The molecular weight excluding hydrogens is 386 g/mol. The van der Waals surface area contributed by atoms with E-state index in [1.165, 1.54) is 16.8 Å². The lowest BCUT2D eigenvalue weighted by atomic mass is 10.1. The predicted octanol–water partition coefficient (Wildman–Crippen LogP) is 4.13. The average molecular weight is 407 g/mol. The molecule has 3 heterocycles. The SMILES string of the molecule is CCC1=NN2C(=N)C(=Cc3cc(C)n(-c4cccc(OC)c4)c3C)C(=O)N=C2S1. The molecular formula is C21H21N5O2S. The molecule has 1 aromatic carbocycles. The molecule has 7 nitrogen and oxygen atoms in total. The maximum absolute atomic E-state index is 12.6. The second kappa shape index (κ2) is 7.36. The Morgan fingerprint density at radius 2 is 2.07 bits per heavy atom. The number of nitrogens with one attached hydrogen (secondary N) is 1. The third-order valence-corrected chi connectivity index (χ3v) is 5.93. The number of hydrazone groups is 1. The lowest BCUT2D eigenvalue weighted by Crippen LogP contribution is -2.35. The molecule has 0 saturated heterocycles. The number of hydrogen-bond acceptors (Lipinski definition) is 5. The Labute approximate surface area is 173 Å². The number of aromatic nitrogens is 1. The highest BCUT2D eigenvalue weighted by Crippen LogP contribution is 2.30. The number of carbonyl (C=O) groups is 1. The van der Waals surface area contributed by atoms with Crippen molar-refractivity contribution in [3.8, 4) is 11.4 Å². The summed E-state index contributed by atoms with van der Waals surface area (Å²) >= 11 is 1.34. The minimum absolute atomic E-state index is 0.0575. The van der Waals surface area contributed by atoms with E-state index in [9.17, 15) is 4.79 Å². The van der Waals surface area contributed by atoms with Crippen molar-refractivity contribution in [1.82, 2.24) is 9.58 Å². The van der Waals surface area contributed by atoms with Gasteiger partial charge in [0, 0.05) is 23.1 Å². The average Bonchev–Trinajstić information content (AvgIpc) is 3.25. The number of aryl methyl sites for hydroxylation is 1. The van der Waals surface area contributed by atoms with E-state index in [-0.39, 0.29) is 11.4 Å². The normalized spacial score (nSPS) is 17.5. The van der Waals surface area contributed by atoms with Gasteiger partial charge in [0.15, 0.2) is 5.84 Å². The molecule has 0 aliphatic carbocycles. The van der Waals surface area contributed by atoms with Crippen LogP contribution in [0.1, 0.15) is 30.3 Å². The van der Waals surface area contributed by atoms with Crippen molar-refractivity contribution in [2.24, 2.45) is 10.1 Å². The summed E-state index contributed by atoms with van der Waals surface area (Å²) in [5.74, 6) is 0.423. The molecule has 4 rings (SSSR count). The minimum atomic E-state index is -0.410. The molecule has 0 fully saturated rings. The maximum Gasteiger partial charge on any atom is 0.283 e. The van der Waals surface area contributed by atoms with E-state index in [1.807, 2.05) is 51.1 Å². The highest BCUT2D eigenvalue weighted by molar-refractivity contribution is 8.26. The Bertz CT molecular complexity index is 1130. The van der Waals surface area contributed by atoms with Gasteiger partial charge in [-0.15, -0.1) is 0 Å². The number of rotatable bonds is 4. The summed E-state index contributed by atoms with van der Waals surface area (Å²) in [6.45, 7) is 5.98. The number of carbonyl (C=O) groups excluding carboxylic acids is 1. The van der Waals surface area contributed by atoms with Crippen molar-refractivity contribution in [2.75, 3.05) is 7.11 Å². The number of thioether (sulfide) groups is 1. The quantitative estimate of drug-likeness (QED) is 0.773. The van der Waals surface area contributed by atoms with Gasteiger partial charge in [0.2, 0.25) is 5.17 Å². The molecule has 1 N–H and O–H groups in total. The summed E-state index contributed by atoms with van der Waals surface area (Å²) in [7, 11) is 1.64. The van der Waals surface area contributed by atoms with Crippen LogP contribution in [0.5, 0.6) is 5.75 Å². The van der Waals surface area contributed by atoms with E-state index in [4.69, 9.17) is 10.1 Å². The van der Waals surface area contributed by atoms with E-state index >= 15 is 0 Å². The van der Waals surface area contributed by atoms with Crippen molar-refractivity contribution in [3.05, 3.63) is 52.9 Å². The summed E-state index contributed by atoms with van der Waals surface area (Å²) in [5, 5.41) is 15.6. The summed E-state index contributed by atoms with van der Waals surface area (Å²) in [4.78, 5) is 16.7. The summed E-state index contributed by atoms with van der Waals surface area (Å²) in [5.41, 5.74) is 4.06. The van der Waals surface area contributed by atoms with Crippen LogP contribution < -0.4 is 4.74 Å². The van der Waals surface area contributed by atoms with Crippen LogP contribution in [0.25, 0.3) is 11.8 Å².